The second-order valence-corrected chi connectivity index (χ2v) is 7.83. The van der Waals surface area contributed by atoms with Gasteiger partial charge in [0.05, 0.1) is 9.82 Å². The van der Waals surface area contributed by atoms with E-state index in [4.69, 9.17) is 0 Å². The van der Waals surface area contributed by atoms with Gasteiger partial charge in [-0.15, -0.1) is 0 Å². The van der Waals surface area contributed by atoms with E-state index in [0.29, 0.717) is 12.1 Å². The van der Waals surface area contributed by atoms with Crippen LogP contribution in [0.4, 0.5) is 5.69 Å². The van der Waals surface area contributed by atoms with Gasteiger partial charge in [-0.05, 0) is 31.7 Å². The first kappa shape index (κ1) is 18.1. The van der Waals surface area contributed by atoms with Crippen LogP contribution in [0.25, 0.3) is 0 Å². The number of benzene rings is 2. The first-order chi connectivity index (χ1) is 11.2. The van der Waals surface area contributed by atoms with Gasteiger partial charge in [0.25, 0.3) is 5.69 Å². The van der Waals surface area contributed by atoms with Crippen LogP contribution in [-0.2, 0) is 16.4 Å². The topological polar surface area (TPSA) is 80.5 Å². The van der Waals surface area contributed by atoms with Gasteiger partial charge in [-0.3, -0.25) is 15.0 Å². The molecule has 0 heterocycles. The lowest BCUT2D eigenvalue weighted by Gasteiger charge is -2.25. The molecule has 0 aromatic heterocycles. The molecule has 0 aliphatic heterocycles. The summed E-state index contributed by atoms with van der Waals surface area (Å²) in [5.74, 6) is 0. The zero-order valence-electron chi connectivity index (χ0n) is 13.8. The molecule has 1 atom stereocenters. The number of hydrogen-bond acceptors (Lipinski definition) is 5. The summed E-state index contributed by atoms with van der Waals surface area (Å²) in [6.07, 6.45) is 1.17. The number of sulfone groups is 1. The molecule has 24 heavy (non-hydrogen) atoms. The predicted molar refractivity (Wildman–Crippen MR) is 92.5 cm³/mol. The minimum Gasteiger partial charge on any atom is -0.295 e. The Labute approximate surface area is 141 Å². The van der Waals surface area contributed by atoms with Gasteiger partial charge in [0.2, 0.25) is 0 Å². The van der Waals surface area contributed by atoms with Crippen molar-refractivity contribution in [3.05, 3.63) is 69.8 Å². The molecule has 0 bridgehead atoms. The Morgan fingerprint density at radius 1 is 1.12 bits per heavy atom. The first-order valence-electron chi connectivity index (χ1n) is 7.42. The van der Waals surface area contributed by atoms with E-state index in [9.17, 15) is 18.5 Å². The van der Waals surface area contributed by atoms with Crippen molar-refractivity contribution < 1.29 is 13.3 Å². The maximum absolute atomic E-state index is 11.5. The summed E-state index contributed by atoms with van der Waals surface area (Å²) >= 11 is 0. The number of nitro groups is 1. The molecule has 0 saturated carbocycles. The van der Waals surface area contributed by atoms with Gasteiger partial charge in [0.1, 0.15) is 0 Å². The second-order valence-electron chi connectivity index (χ2n) is 5.82. The van der Waals surface area contributed by atoms with Crippen LogP contribution in [0, 0.1) is 10.1 Å². The number of rotatable bonds is 6. The number of para-hydroxylation sites is 1. The largest absolute Gasteiger partial charge is 0.295 e. The molecule has 2 aromatic rings. The monoisotopic (exact) mass is 348 g/mol. The Morgan fingerprint density at radius 3 is 2.25 bits per heavy atom. The van der Waals surface area contributed by atoms with Gasteiger partial charge in [-0.2, -0.15) is 0 Å². The van der Waals surface area contributed by atoms with E-state index in [0.717, 1.165) is 5.56 Å². The molecule has 0 aliphatic rings. The van der Waals surface area contributed by atoms with Crippen LogP contribution in [0.2, 0.25) is 0 Å². The highest BCUT2D eigenvalue weighted by atomic mass is 32.2. The third-order valence-electron chi connectivity index (χ3n) is 4.06. The molecule has 0 amide bonds. The van der Waals surface area contributed by atoms with Crippen molar-refractivity contribution in [2.45, 2.75) is 24.4 Å². The molecule has 0 saturated heterocycles. The van der Waals surface area contributed by atoms with Gasteiger partial charge in [0.15, 0.2) is 9.84 Å². The van der Waals surface area contributed by atoms with Crippen LogP contribution >= 0.6 is 0 Å². The Balaban J connectivity index is 2.18. The Bertz CT molecular complexity index is 832. The Kier molecular flexibility index (Phi) is 5.36. The lowest BCUT2D eigenvalue weighted by molar-refractivity contribution is -0.385. The minimum absolute atomic E-state index is 0.0154. The molecule has 0 N–H and O–H groups in total. The van der Waals surface area contributed by atoms with Crippen LogP contribution in [0.15, 0.2) is 53.4 Å². The van der Waals surface area contributed by atoms with Gasteiger partial charge >= 0.3 is 0 Å². The summed E-state index contributed by atoms with van der Waals surface area (Å²) in [5, 5.41) is 11.1. The molecule has 7 heteroatoms. The van der Waals surface area contributed by atoms with Gasteiger partial charge in [-0.1, -0.05) is 30.3 Å². The molecule has 2 rings (SSSR count). The lowest BCUT2D eigenvalue weighted by Crippen LogP contribution is -2.22. The predicted octanol–water partition coefficient (Wildman–Crippen LogP) is 3.19. The molecule has 6 nitrogen and oxygen atoms in total. The highest BCUT2D eigenvalue weighted by Gasteiger charge is 2.18. The Hall–Kier alpha value is -2.25. The van der Waals surface area contributed by atoms with Crippen LogP contribution in [0.1, 0.15) is 24.1 Å². The first-order valence-corrected chi connectivity index (χ1v) is 9.32. The van der Waals surface area contributed by atoms with Crippen molar-refractivity contribution in [1.29, 1.82) is 0 Å². The van der Waals surface area contributed by atoms with Crippen LogP contribution in [0.3, 0.4) is 0 Å². The van der Waals surface area contributed by atoms with Crippen molar-refractivity contribution in [3.8, 4) is 0 Å². The van der Waals surface area contributed by atoms with Crippen molar-refractivity contribution in [3.63, 3.8) is 0 Å². The molecular weight excluding hydrogens is 328 g/mol. The lowest BCUT2D eigenvalue weighted by atomic mass is 10.1. The maximum atomic E-state index is 11.5. The van der Waals surface area contributed by atoms with Crippen molar-refractivity contribution in [2.24, 2.45) is 0 Å². The molecule has 0 aliphatic carbocycles. The third-order valence-corrected chi connectivity index (χ3v) is 5.19. The zero-order chi connectivity index (χ0) is 17.9. The SMILES string of the molecule is CC(c1ccc(S(C)(=O)=O)cc1)N(C)Cc1ccccc1[N+](=O)[O-]. The third kappa shape index (κ3) is 4.18. The summed E-state index contributed by atoms with van der Waals surface area (Å²) in [5.41, 5.74) is 1.69. The van der Waals surface area contributed by atoms with Crippen molar-refractivity contribution in [2.75, 3.05) is 13.3 Å². The fraction of sp³-hybridized carbons (Fsp3) is 0.294. The van der Waals surface area contributed by atoms with E-state index < -0.39 is 9.84 Å². The highest BCUT2D eigenvalue weighted by Crippen LogP contribution is 2.25. The quantitative estimate of drug-likeness (QED) is 0.591. The summed E-state index contributed by atoms with van der Waals surface area (Å²) in [6, 6.07) is 13.4. The highest BCUT2D eigenvalue weighted by molar-refractivity contribution is 7.90. The summed E-state index contributed by atoms with van der Waals surface area (Å²) in [6.45, 7) is 2.40. The zero-order valence-corrected chi connectivity index (χ0v) is 14.7. The van der Waals surface area contributed by atoms with Crippen molar-refractivity contribution in [1.82, 2.24) is 4.90 Å². The summed E-state index contributed by atoms with van der Waals surface area (Å²) in [7, 11) is -1.34. The van der Waals surface area contributed by atoms with Crippen LogP contribution in [0.5, 0.6) is 0 Å². The van der Waals surface area contributed by atoms with Gasteiger partial charge < -0.3 is 0 Å². The number of hydrogen-bond donors (Lipinski definition) is 0. The molecule has 128 valence electrons. The van der Waals surface area contributed by atoms with E-state index in [2.05, 4.69) is 0 Å². The molecule has 0 fully saturated rings. The number of nitro benzene ring substituents is 1. The van der Waals surface area contributed by atoms with Gasteiger partial charge in [-0.25, -0.2) is 8.42 Å². The second kappa shape index (κ2) is 7.11. The molecule has 2 aromatic carbocycles. The fourth-order valence-corrected chi connectivity index (χ4v) is 3.11. The molecule has 1 unspecified atom stereocenters. The smallest absolute Gasteiger partial charge is 0.273 e. The summed E-state index contributed by atoms with van der Waals surface area (Å²) in [4.78, 5) is 13.0. The van der Waals surface area contributed by atoms with Crippen molar-refractivity contribution >= 4 is 15.5 Å². The normalized spacial score (nSPS) is 13.0. The van der Waals surface area contributed by atoms with E-state index in [-0.39, 0.29) is 21.5 Å². The van der Waals surface area contributed by atoms with E-state index in [1.54, 1.807) is 42.5 Å². The minimum atomic E-state index is -3.22. The molecule has 0 spiro atoms. The molecular formula is C17H20N2O4S. The van der Waals surface area contributed by atoms with E-state index >= 15 is 0 Å². The molecule has 0 radical (unpaired) electrons. The maximum Gasteiger partial charge on any atom is 0.273 e. The fourth-order valence-electron chi connectivity index (χ4n) is 2.48. The summed E-state index contributed by atoms with van der Waals surface area (Å²) < 4.78 is 23.0. The van der Waals surface area contributed by atoms with Gasteiger partial charge in [0, 0.05) is 30.5 Å². The number of nitrogens with zero attached hydrogens (tertiary/aromatic N) is 2. The standard InChI is InChI=1S/C17H20N2O4S/c1-13(14-8-10-16(11-9-14)24(3,22)23)18(2)12-15-6-4-5-7-17(15)19(20)21/h4-11,13H,12H2,1-3H3. The average Bonchev–Trinajstić information content (AvgIpc) is 2.53. The average molecular weight is 348 g/mol. The Morgan fingerprint density at radius 2 is 1.71 bits per heavy atom. The van der Waals surface area contributed by atoms with Crippen LogP contribution in [-0.4, -0.2) is 31.5 Å². The van der Waals surface area contributed by atoms with Crippen LogP contribution < -0.4 is 0 Å². The van der Waals surface area contributed by atoms with E-state index in [1.807, 2.05) is 18.9 Å². The van der Waals surface area contributed by atoms with E-state index in [1.165, 1.54) is 12.3 Å².